The largest absolute Gasteiger partial charge is 0.481 e. The van der Waals surface area contributed by atoms with Gasteiger partial charge in [0.05, 0.1) is 5.92 Å². The molecule has 2 unspecified atom stereocenters. The average molecular weight is 338 g/mol. The first kappa shape index (κ1) is 20.9. The first-order valence-corrected chi connectivity index (χ1v) is 9.02. The number of rotatable bonds is 12. The van der Waals surface area contributed by atoms with Crippen LogP contribution in [0.1, 0.15) is 65.2 Å². The third-order valence-electron chi connectivity index (χ3n) is 3.93. The first-order valence-electron chi connectivity index (χ1n) is 7.58. The molecule has 0 saturated carbocycles. The molecule has 0 rings (SSSR count). The maximum Gasteiger partial charge on any atom is 0.328 e. The van der Waals surface area contributed by atoms with Crippen molar-refractivity contribution in [2.24, 2.45) is 5.92 Å². The van der Waals surface area contributed by atoms with Crippen molar-refractivity contribution in [1.29, 1.82) is 0 Å². The van der Waals surface area contributed by atoms with Crippen molar-refractivity contribution in [2.45, 2.75) is 70.0 Å². The van der Waals surface area contributed by atoms with Crippen molar-refractivity contribution < 1.29 is 32.8 Å². The van der Waals surface area contributed by atoms with E-state index in [0.717, 1.165) is 12.8 Å². The van der Waals surface area contributed by atoms with Crippen molar-refractivity contribution in [3.05, 3.63) is 0 Å². The van der Waals surface area contributed by atoms with E-state index in [0.29, 0.717) is 19.3 Å². The number of unbranched alkanes of at least 4 members (excludes halogenated alkanes) is 4. The molecular formula is C14H26O7S. The minimum Gasteiger partial charge on any atom is -0.481 e. The lowest BCUT2D eigenvalue weighted by Crippen LogP contribution is -2.55. The van der Waals surface area contributed by atoms with Gasteiger partial charge in [-0.3, -0.25) is 14.1 Å². The summed E-state index contributed by atoms with van der Waals surface area (Å²) < 4.78 is 30.4. The van der Waals surface area contributed by atoms with Crippen molar-refractivity contribution in [1.82, 2.24) is 0 Å². The number of carboxylic acids is 2. The molecule has 0 aliphatic carbocycles. The zero-order chi connectivity index (χ0) is 17.4. The third kappa shape index (κ3) is 4.95. The van der Waals surface area contributed by atoms with Crippen LogP contribution in [0.5, 0.6) is 0 Å². The van der Waals surface area contributed by atoms with Gasteiger partial charge in [-0.15, -0.1) is 0 Å². The van der Waals surface area contributed by atoms with Gasteiger partial charge >= 0.3 is 11.9 Å². The summed E-state index contributed by atoms with van der Waals surface area (Å²) in [5.41, 5.74) is 0. The summed E-state index contributed by atoms with van der Waals surface area (Å²) in [4.78, 5) is 23.1. The van der Waals surface area contributed by atoms with E-state index in [-0.39, 0.29) is 12.8 Å². The highest BCUT2D eigenvalue weighted by molar-refractivity contribution is 7.88. The Balaban J connectivity index is 5.74. The molecule has 0 aliphatic heterocycles. The van der Waals surface area contributed by atoms with E-state index in [1.54, 1.807) is 0 Å². The second-order valence-corrected chi connectivity index (χ2v) is 7.19. The Morgan fingerprint density at radius 2 is 1.50 bits per heavy atom. The van der Waals surface area contributed by atoms with E-state index < -0.39 is 39.1 Å². The molecule has 0 aromatic heterocycles. The van der Waals surface area contributed by atoms with E-state index in [4.69, 9.17) is 0 Å². The topological polar surface area (TPSA) is 129 Å². The van der Waals surface area contributed by atoms with Crippen molar-refractivity contribution >= 4 is 22.1 Å². The van der Waals surface area contributed by atoms with Crippen LogP contribution in [0.3, 0.4) is 0 Å². The maximum atomic E-state index is 11.8. The summed E-state index contributed by atoms with van der Waals surface area (Å²) in [5.74, 6) is -4.97. The van der Waals surface area contributed by atoms with E-state index in [2.05, 4.69) is 0 Å². The highest BCUT2D eigenvalue weighted by atomic mass is 32.2. The molecular weight excluding hydrogens is 312 g/mol. The molecule has 0 fully saturated rings. The highest BCUT2D eigenvalue weighted by Crippen LogP contribution is 2.36. The SMILES string of the molecule is CCCCCC(C(=O)O)C(CCCCC)(C(=O)O)S(=O)(=O)O. The number of hydrogen-bond donors (Lipinski definition) is 3. The van der Waals surface area contributed by atoms with Crippen LogP contribution in [0, 0.1) is 5.92 Å². The molecule has 0 radical (unpaired) electrons. The molecule has 3 N–H and O–H groups in total. The second kappa shape index (κ2) is 9.09. The first-order chi connectivity index (χ1) is 10.1. The lowest BCUT2D eigenvalue weighted by atomic mass is 9.83. The molecule has 0 amide bonds. The van der Waals surface area contributed by atoms with Crippen LogP contribution >= 0.6 is 0 Å². The summed E-state index contributed by atoms with van der Waals surface area (Å²) in [5, 5.41) is 18.8. The van der Waals surface area contributed by atoms with Gasteiger partial charge in [0, 0.05) is 0 Å². The molecule has 0 aromatic rings. The molecule has 8 heteroatoms. The molecule has 0 saturated heterocycles. The lowest BCUT2D eigenvalue weighted by molar-refractivity contribution is -0.152. The quantitative estimate of drug-likeness (QED) is 0.368. The van der Waals surface area contributed by atoms with Gasteiger partial charge in [-0.05, 0) is 12.8 Å². The molecule has 7 nitrogen and oxygen atoms in total. The summed E-state index contributed by atoms with van der Waals surface area (Å²) in [6.07, 6.45) is 2.85. The Kier molecular flexibility index (Phi) is 8.62. The van der Waals surface area contributed by atoms with Crippen LogP contribution in [0.15, 0.2) is 0 Å². The smallest absolute Gasteiger partial charge is 0.328 e. The van der Waals surface area contributed by atoms with Crippen LogP contribution in [0.25, 0.3) is 0 Å². The van der Waals surface area contributed by atoms with Crippen molar-refractivity contribution in [3.8, 4) is 0 Å². The van der Waals surface area contributed by atoms with Crippen LogP contribution in [0.2, 0.25) is 0 Å². The Morgan fingerprint density at radius 3 is 1.86 bits per heavy atom. The van der Waals surface area contributed by atoms with Crippen LogP contribution in [-0.2, 0) is 19.7 Å². The molecule has 0 aliphatic rings. The van der Waals surface area contributed by atoms with E-state index in [1.165, 1.54) is 0 Å². The highest BCUT2D eigenvalue weighted by Gasteiger charge is 2.58. The normalized spacial score (nSPS) is 16.0. The van der Waals surface area contributed by atoms with Crippen molar-refractivity contribution in [2.75, 3.05) is 0 Å². The number of aliphatic carboxylic acids is 2. The monoisotopic (exact) mass is 338 g/mol. The fourth-order valence-corrected chi connectivity index (χ4v) is 3.84. The van der Waals surface area contributed by atoms with Crippen LogP contribution in [-0.4, -0.2) is 39.9 Å². The fourth-order valence-electron chi connectivity index (χ4n) is 2.64. The minimum atomic E-state index is -5.07. The maximum absolute atomic E-state index is 11.8. The van der Waals surface area contributed by atoms with E-state index in [1.807, 2.05) is 13.8 Å². The molecule has 22 heavy (non-hydrogen) atoms. The zero-order valence-corrected chi connectivity index (χ0v) is 13.9. The average Bonchev–Trinajstić information content (AvgIpc) is 2.38. The van der Waals surface area contributed by atoms with Gasteiger partial charge in [0.15, 0.2) is 0 Å². The third-order valence-corrected chi connectivity index (χ3v) is 5.52. The Labute approximate surface area is 131 Å². The summed E-state index contributed by atoms with van der Waals surface area (Å²) in [6, 6.07) is 0. The number of hydrogen-bond acceptors (Lipinski definition) is 4. The van der Waals surface area contributed by atoms with E-state index >= 15 is 0 Å². The molecule has 0 spiro atoms. The Bertz CT molecular complexity index is 472. The summed E-state index contributed by atoms with van der Waals surface area (Å²) in [7, 11) is -5.07. The Morgan fingerprint density at radius 1 is 1.00 bits per heavy atom. The predicted octanol–water partition coefficient (Wildman–Crippen LogP) is 2.56. The predicted molar refractivity (Wildman–Crippen MR) is 81.3 cm³/mol. The Hall–Kier alpha value is -1.15. The fraction of sp³-hybridized carbons (Fsp3) is 0.857. The number of carboxylic acid groups (broad SMARTS) is 2. The molecule has 130 valence electrons. The van der Waals surface area contributed by atoms with Gasteiger partial charge in [0.2, 0.25) is 4.75 Å². The number of carbonyl (C=O) groups is 2. The second-order valence-electron chi connectivity index (χ2n) is 5.51. The minimum absolute atomic E-state index is 0.0958. The van der Waals surface area contributed by atoms with Crippen molar-refractivity contribution in [3.63, 3.8) is 0 Å². The zero-order valence-electron chi connectivity index (χ0n) is 13.1. The summed E-state index contributed by atoms with van der Waals surface area (Å²) in [6.45, 7) is 3.75. The van der Waals surface area contributed by atoms with Gasteiger partial charge in [-0.25, -0.2) is 0 Å². The van der Waals surface area contributed by atoms with Gasteiger partial charge in [0.25, 0.3) is 10.1 Å². The van der Waals surface area contributed by atoms with Crippen LogP contribution in [0.4, 0.5) is 0 Å². The lowest BCUT2D eigenvalue weighted by Gasteiger charge is -2.32. The van der Waals surface area contributed by atoms with Crippen LogP contribution < -0.4 is 0 Å². The van der Waals surface area contributed by atoms with Gasteiger partial charge in [0.1, 0.15) is 0 Å². The molecule has 0 aromatic carbocycles. The van der Waals surface area contributed by atoms with Gasteiger partial charge in [-0.2, -0.15) is 8.42 Å². The van der Waals surface area contributed by atoms with Gasteiger partial charge in [-0.1, -0.05) is 52.4 Å². The van der Waals surface area contributed by atoms with Gasteiger partial charge < -0.3 is 10.2 Å². The van der Waals surface area contributed by atoms with E-state index in [9.17, 15) is 32.8 Å². The molecule has 0 bridgehead atoms. The molecule has 0 heterocycles. The summed E-state index contributed by atoms with van der Waals surface area (Å²) >= 11 is 0. The standard InChI is InChI=1S/C14H26O7S/c1-3-5-7-9-11(12(15)16)14(13(17)18,22(19,20)21)10-8-6-4-2/h11H,3-10H2,1-2H3,(H,15,16)(H,17,18)(H,19,20,21). The molecule has 2 atom stereocenters.